The second-order valence-corrected chi connectivity index (χ2v) is 4.13. The second-order valence-electron chi connectivity index (χ2n) is 4.13. The molecule has 0 aromatic rings. The van der Waals surface area contributed by atoms with Gasteiger partial charge in [-0.2, -0.15) is 0 Å². The van der Waals surface area contributed by atoms with Crippen LogP contribution < -0.4 is 0 Å². The average molecular weight is 215 g/mol. The molecule has 0 fully saturated rings. The van der Waals surface area contributed by atoms with E-state index in [1.54, 1.807) is 0 Å². The van der Waals surface area contributed by atoms with Gasteiger partial charge in [-0.1, -0.05) is 20.3 Å². The van der Waals surface area contributed by atoms with Crippen LogP contribution in [-0.4, -0.2) is 35.6 Å². The molecule has 0 aromatic heterocycles. The smallest absolute Gasteiger partial charge is 0.222 e. The van der Waals surface area contributed by atoms with Crippen LogP contribution in [-0.2, 0) is 4.79 Å². The summed E-state index contributed by atoms with van der Waals surface area (Å²) in [4.78, 5) is 13.7. The molecule has 15 heavy (non-hydrogen) atoms. The molecule has 1 unspecified atom stereocenters. The van der Waals surface area contributed by atoms with Gasteiger partial charge in [0.2, 0.25) is 5.91 Å². The third kappa shape index (κ3) is 6.50. The fourth-order valence-electron chi connectivity index (χ4n) is 1.46. The lowest BCUT2D eigenvalue weighted by molar-refractivity contribution is -0.131. The van der Waals surface area contributed by atoms with Gasteiger partial charge in [0.25, 0.3) is 0 Å². The van der Waals surface area contributed by atoms with E-state index in [1.165, 1.54) is 0 Å². The first kappa shape index (κ1) is 14.4. The van der Waals surface area contributed by atoms with Gasteiger partial charge in [0.1, 0.15) is 0 Å². The molecule has 1 amide bonds. The van der Waals surface area contributed by atoms with E-state index in [9.17, 15) is 4.79 Å². The summed E-state index contributed by atoms with van der Waals surface area (Å²) in [5.41, 5.74) is 0. The minimum absolute atomic E-state index is 0.185. The Morgan fingerprint density at radius 3 is 2.47 bits per heavy atom. The molecule has 0 saturated heterocycles. The van der Waals surface area contributed by atoms with E-state index in [4.69, 9.17) is 5.11 Å². The van der Waals surface area contributed by atoms with E-state index in [-0.39, 0.29) is 12.5 Å². The largest absolute Gasteiger partial charge is 0.396 e. The summed E-state index contributed by atoms with van der Waals surface area (Å²) in [5.74, 6) is 0.804. The van der Waals surface area contributed by atoms with Gasteiger partial charge in [-0.15, -0.1) is 0 Å². The van der Waals surface area contributed by atoms with Crippen LogP contribution in [0.25, 0.3) is 0 Å². The van der Waals surface area contributed by atoms with E-state index >= 15 is 0 Å². The molecule has 0 aliphatic heterocycles. The van der Waals surface area contributed by atoms with Gasteiger partial charge < -0.3 is 10.0 Å². The molecule has 0 heterocycles. The first-order chi connectivity index (χ1) is 7.15. The predicted molar refractivity (Wildman–Crippen MR) is 62.6 cm³/mol. The number of amides is 1. The molecule has 1 N–H and O–H groups in total. The summed E-state index contributed by atoms with van der Waals surface area (Å²) in [6.07, 6.45) is 3.21. The van der Waals surface area contributed by atoms with Crippen molar-refractivity contribution >= 4 is 5.91 Å². The Hall–Kier alpha value is -0.570. The summed E-state index contributed by atoms with van der Waals surface area (Å²) in [5, 5.41) is 8.63. The number of hydrogen-bond donors (Lipinski definition) is 1. The number of hydrogen-bond acceptors (Lipinski definition) is 2. The van der Waals surface area contributed by atoms with Crippen molar-refractivity contribution in [3.63, 3.8) is 0 Å². The van der Waals surface area contributed by atoms with Crippen LogP contribution in [0.5, 0.6) is 0 Å². The number of aliphatic hydroxyl groups excluding tert-OH is 1. The highest BCUT2D eigenvalue weighted by Gasteiger charge is 2.13. The molecule has 0 bridgehead atoms. The molecule has 0 rings (SSSR count). The minimum atomic E-state index is 0.185. The first-order valence-corrected chi connectivity index (χ1v) is 6.04. The zero-order valence-corrected chi connectivity index (χ0v) is 10.3. The quantitative estimate of drug-likeness (QED) is 0.629. The summed E-state index contributed by atoms with van der Waals surface area (Å²) >= 11 is 0. The first-order valence-electron chi connectivity index (χ1n) is 6.04. The molecular weight excluding hydrogens is 190 g/mol. The van der Waals surface area contributed by atoms with Crippen LogP contribution in [0.2, 0.25) is 0 Å². The topological polar surface area (TPSA) is 40.5 Å². The minimum Gasteiger partial charge on any atom is -0.396 e. The Bertz CT molecular complexity index is 171. The van der Waals surface area contributed by atoms with E-state index in [2.05, 4.69) is 13.8 Å². The Balaban J connectivity index is 3.88. The van der Waals surface area contributed by atoms with Crippen LogP contribution in [0, 0.1) is 5.92 Å². The maximum Gasteiger partial charge on any atom is 0.222 e. The van der Waals surface area contributed by atoms with Crippen LogP contribution in [0.1, 0.15) is 46.5 Å². The fraction of sp³-hybridized carbons (Fsp3) is 0.917. The van der Waals surface area contributed by atoms with E-state index < -0.39 is 0 Å². The average Bonchev–Trinajstić information content (AvgIpc) is 2.25. The van der Waals surface area contributed by atoms with Crippen LogP contribution >= 0.6 is 0 Å². The van der Waals surface area contributed by atoms with Crippen molar-refractivity contribution in [1.29, 1.82) is 0 Å². The van der Waals surface area contributed by atoms with Gasteiger partial charge in [0, 0.05) is 26.1 Å². The molecule has 0 aliphatic carbocycles. The van der Waals surface area contributed by atoms with Crippen molar-refractivity contribution in [2.24, 2.45) is 5.92 Å². The van der Waals surface area contributed by atoms with Gasteiger partial charge >= 0.3 is 0 Å². The third-order valence-corrected chi connectivity index (χ3v) is 2.76. The lowest BCUT2D eigenvalue weighted by atomic mass is 10.1. The highest BCUT2D eigenvalue weighted by atomic mass is 16.3. The van der Waals surface area contributed by atoms with Gasteiger partial charge in [-0.25, -0.2) is 0 Å². The number of nitrogens with zero attached hydrogens (tertiary/aromatic N) is 1. The van der Waals surface area contributed by atoms with Crippen molar-refractivity contribution in [2.45, 2.75) is 46.5 Å². The summed E-state index contributed by atoms with van der Waals surface area (Å²) in [7, 11) is 0. The Morgan fingerprint density at radius 2 is 2.00 bits per heavy atom. The normalized spacial score (nSPS) is 12.5. The molecule has 90 valence electrons. The fourth-order valence-corrected chi connectivity index (χ4v) is 1.46. The third-order valence-electron chi connectivity index (χ3n) is 2.76. The molecule has 3 nitrogen and oxygen atoms in total. The summed E-state index contributed by atoms with van der Waals surface area (Å²) in [6, 6.07) is 0. The number of carbonyl (C=O) groups excluding carboxylic acids is 1. The highest BCUT2D eigenvalue weighted by Crippen LogP contribution is 2.07. The molecule has 0 aromatic carbocycles. The molecule has 0 radical (unpaired) electrons. The van der Waals surface area contributed by atoms with Gasteiger partial charge in [-0.3, -0.25) is 4.79 Å². The highest BCUT2D eigenvalue weighted by molar-refractivity contribution is 5.76. The van der Waals surface area contributed by atoms with Crippen LogP contribution in [0.4, 0.5) is 0 Å². The monoisotopic (exact) mass is 215 g/mol. The Kier molecular flexibility index (Phi) is 8.38. The van der Waals surface area contributed by atoms with E-state index in [0.29, 0.717) is 12.3 Å². The number of rotatable bonds is 8. The Morgan fingerprint density at radius 1 is 1.33 bits per heavy atom. The van der Waals surface area contributed by atoms with Crippen molar-refractivity contribution in [2.75, 3.05) is 19.7 Å². The molecule has 1 atom stereocenters. The Labute approximate surface area is 93.5 Å². The van der Waals surface area contributed by atoms with Crippen molar-refractivity contribution < 1.29 is 9.90 Å². The van der Waals surface area contributed by atoms with E-state index in [1.807, 2.05) is 11.8 Å². The van der Waals surface area contributed by atoms with Gasteiger partial charge in [-0.05, 0) is 25.7 Å². The molecule has 3 heteroatoms. The molecule has 0 saturated carbocycles. The number of unbranched alkanes of at least 4 members (excludes halogenated alkanes) is 1. The van der Waals surface area contributed by atoms with Gasteiger partial charge in [0.15, 0.2) is 0 Å². The maximum atomic E-state index is 11.7. The standard InChI is InChI=1S/C12H25NO2/c1-4-11(3)10-13(5-2)12(15)8-6-7-9-14/h11,14H,4-10H2,1-3H3. The number of carbonyl (C=O) groups is 1. The molecule has 0 aliphatic rings. The van der Waals surface area contributed by atoms with Crippen molar-refractivity contribution in [3.05, 3.63) is 0 Å². The van der Waals surface area contributed by atoms with Crippen LogP contribution in [0.15, 0.2) is 0 Å². The predicted octanol–water partition coefficient (Wildman–Crippen LogP) is 2.04. The zero-order chi connectivity index (χ0) is 11.7. The summed E-state index contributed by atoms with van der Waals surface area (Å²) < 4.78 is 0. The second kappa shape index (κ2) is 8.72. The van der Waals surface area contributed by atoms with Crippen molar-refractivity contribution in [1.82, 2.24) is 4.90 Å². The lowest BCUT2D eigenvalue weighted by Gasteiger charge is -2.24. The van der Waals surface area contributed by atoms with Crippen molar-refractivity contribution in [3.8, 4) is 0 Å². The van der Waals surface area contributed by atoms with Gasteiger partial charge in [0.05, 0.1) is 0 Å². The van der Waals surface area contributed by atoms with E-state index in [0.717, 1.165) is 32.4 Å². The molecule has 0 spiro atoms. The SMILES string of the molecule is CCC(C)CN(CC)C(=O)CCCCO. The maximum absolute atomic E-state index is 11.7. The number of aliphatic hydroxyl groups is 1. The molecular formula is C12H25NO2. The zero-order valence-electron chi connectivity index (χ0n) is 10.3. The lowest BCUT2D eigenvalue weighted by Crippen LogP contribution is -2.34. The summed E-state index contributed by atoms with van der Waals surface area (Å²) in [6.45, 7) is 8.18. The van der Waals surface area contributed by atoms with Crippen LogP contribution in [0.3, 0.4) is 0 Å².